The summed E-state index contributed by atoms with van der Waals surface area (Å²) in [5.74, 6) is -0.367. The minimum absolute atomic E-state index is 0.104. The summed E-state index contributed by atoms with van der Waals surface area (Å²) in [5, 5.41) is 9.96. The number of phenolic OH excluding ortho intramolecular Hbond substituents is 1. The molecule has 104 valence electrons. The van der Waals surface area contributed by atoms with E-state index in [2.05, 4.69) is 16.7 Å². The highest BCUT2D eigenvalue weighted by Gasteiger charge is 2.35. The summed E-state index contributed by atoms with van der Waals surface area (Å²) in [6, 6.07) is 3.09. The van der Waals surface area contributed by atoms with Crippen LogP contribution in [-0.4, -0.2) is 16.8 Å². The number of pyridine rings is 1. The molecule has 2 rings (SSSR count). The van der Waals surface area contributed by atoms with Gasteiger partial charge in [-0.1, -0.05) is 11.6 Å². The van der Waals surface area contributed by atoms with Crippen LogP contribution in [0.1, 0.15) is 5.56 Å². The van der Waals surface area contributed by atoms with Crippen LogP contribution in [0, 0.1) is 0 Å². The zero-order chi connectivity index (χ0) is 14.9. The number of aliphatic imine (C=N–C) groups is 1. The van der Waals surface area contributed by atoms with Crippen molar-refractivity contribution in [2.24, 2.45) is 4.99 Å². The maximum atomic E-state index is 12.9. The fourth-order valence-electron chi connectivity index (χ4n) is 1.82. The number of rotatable bonds is 2. The Hall–Kier alpha value is -2.08. The number of alkyl halides is 3. The van der Waals surface area contributed by atoms with Crippen molar-refractivity contribution in [1.82, 2.24) is 4.98 Å². The Bertz CT molecular complexity index is 671. The van der Waals surface area contributed by atoms with Gasteiger partial charge in [-0.3, -0.25) is 9.98 Å². The molecule has 0 saturated carbocycles. The first-order valence-corrected chi connectivity index (χ1v) is 5.74. The van der Waals surface area contributed by atoms with E-state index < -0.39 is 17.4 Å². The molecule has 0 atom stereocenters. The molecular weight excluding hydrogens is 293 g/mol. The lowest BCUT2D eigenvalue weighted by molar-refractivity contribution is -0.137. The Labute approximate surface area is 117 Å². The molecule has 0 fully saturated rings. The normalized spacial score (nSPS) is 11.4. The fraction of sp³-hybridized carbons (Fsp3) is 0.0769. The molecule has 1 heterocycles. The fourth-order valence-corrected chi connectivity index (χ4v) is 2.03. The lowest BCUT2D eigenvalue weighted by Crippen LogP contribution is -2.06. The van der Waals surface area contributed by atoms with Crippen LogP contribution < -0.4 is 0 Å². The SMILES string of the molecule is C=Nc1c(C(F)(F)F)ccc(O)c1-c1ccncc1Cl. The summed E-state index contributed by atoms with van der Waals surface area (Å²) >= 11 is 5.91. The maximum Gasteiger partial charge on any atom is 0.418 e. The summed E-state index contributed by atoms with van der Waals surface area (Å²) in [7, 11) is 0. The molecule has 2 aromatic rings. The second kappa shape index (κ2) is 5.13. The summed E-state index contributed by atoms with van der Waals surface area (Å²) in [6.45, 7) is 3.14. The lowest BCUT2D eigenvalue weighted by atomic mass is 9.99. The quantitative estimate of drug-likeness (QED) is 0.832. The second-order valence-corrected chi connectivity index (χ2v) is 4.27. The zero-order valence-electron chi connectivity index (χ0n) is 9.95. The number of phenols is 1. The lowest BCUT2D eigenvalue weighted by Gasteiger charge is -2.15. The standard InChI is InChI=1S/C13H8ClF3N2O/c1-18-12-8(13(15,16)17)2-3-10(20)11(12)7-4-5-19-6-9(7)14/h2-6,20H,1H2. The molecule has 3 nitrogen and oxygen atoms in total. The summed E-state index contributed by atoms with van der Waals surface area (Å²) in [5.41, 5.74) is -1.38. The van der Waals surface area contributed by atoms with Gasteiger partial charge in [-0.2, -0.15) is 13.2 Å². The van der Waals surface area contributed by atoms with E-state index in [-0.39, 0.29) is 21.9 Å². The molecule has 1 N–H and O–H groups in total. The third-order valence-corrected chi connectivity index (χ3v) is 2.96. The molecule has 0 unspecified atom stereocenters. The van der Waals surface area contributed by atoms with E-state index in [0.717, 1.165) is 12.1 Å². The molecule has 0 saturated heterocycles. The summed E-state index contributed by atoms with van der Waals surface area (Å²) < 4.78 is 38.8. The molecule has 20 heavy (non-hydrogen) atoms. The van der Waals surface area contributed by atoms with Crippen molar-refractivity contribution in [2.45, 2.75) is 6.18 Å². The number of benzene rings is 1. The van der Waals surface area contributed by atoms with E-state index in [1.807, 2.05) is 0 Å². The Morgan fingerprint density at radius 2 is 1.95 bits per heavy atom. The average Bonchev–Trinajstić information content (AvgIpc) is 2.38. The van der Waals surface area contributed by atoms with Gasteiger partial charge in [-0.25, -0.2) is 0 Å². The van der Waals surface area contributed by atoms with E-state index in [9.17, 15) is 18.3 Å². The highest BCUT2D eigenvalue weighted by Crippen LogP contribution is 2.47. The van der Waals surface area contributed by atoms with Gasteiger partial charge in [0, 0.05) is 18.0 Å². The van der Waals surface area contributed by atoms with Gasteiger partial charge in [0.05, 0.1) is 21.8 Å². The topological polar surface area (TPSA) is 45.5 Å². The molecule has 1 aromatic heterocycles. The Kier molecular flexibility index (Phi) is 3.67. The van der Waals surface area contributed by atoms with Crippen LogP contribution in [0.3, 0.4) is 0 Å². The highest BCUT2D eigenvalue weighted by molar-refractivity contribution is 6.33. The first-order chi connectivity index (χ1) is 9.36. The van der Waals surface area contributed by atoms with Gasteiger partial charge < -0.3 is 5.11 Å². The highest BCUT2D eigenvalue weighted by atomic mass is 35.5. The Morgan fingerprint density at radius 1 is 1.25 bits per heavy atom. The molecule has 0 aliphatic carbocycles. The minimum Gasteiger partial charge on any atom is -0.507 e. The van der Waals surface area contributed by atoms with Crippen LogP contribution >= 0.6 is 11.6 Å². The van der Waals surface area contributed by atoms with Crippen LogP contribution in [-0.2, 0) is 6.18 Å². The molecule has 0 amide bonds. The van der Waals surface area contributed by atoms with Crippen LogP contribution in [0.2, 0.25) is 5.02 Å². The number of halogens is 4. The van der Waals surface area contributed by atoms with Crippen molar-refractivity contribution in [1.29, 1.82) is 0 Å². The number of aromatic hydroxyl groups is 1. The Balaban J connectivity index is 2.83. The van der Waals surface area contributed by atoms with Crippen LogP contribution in [0.15, 0.2) is 35.6 Å². The van der Waals surface area contributed by atoms with Gasteiger partial charge in [0.15, 0.2) is 0 Å². The molecule has 0 aliphatic rings. The van der Waals surface area contributed by atoms with Crippen molar-refractivity contribution in [3.8, 4) is 16.9 Å². The van der Waals surface area contributed by atoms with Gasteiger partial charge in [0.2, 0.25) is 0 Å². The van der Waals surface area contributed by atoms with E-state index in [0.29, 0.717) is 0 Å². The van der Waals surface area contributed by atoms with Crippen LogP contribution in [0.25, 0.3) is 11.1 Å². The third kappa shape index (κ3) is 2.46. The predicted molar refractivity (Wildman–Crippen MR) is 70.6 cm³/mol. The molecule has 1 aromatic carbocycles. The van der Waals surface area contributed by atoms with Crippen molar-refractivity contribution < 1.29 is 18.3 Å². The number of aromatic nitrogens is 1. The molecule has 0 bridgehead atoms. The summed E-state index contributed by atoms with van der Waals surface area (Å²) in [4.78, 5) is 7.15. The van der Waals surface area contributed by atoms with Crippen molar-refractivity contribution in [2.75, 3.05) is 0 Å². The van der Waals surface area contributed by atoms with Crippen molar-refractivity contribution in [3.63, 3.8) is 0 Å². The van der Waals surface area contributed by atoms with Gasteiger partial charge in [0.1, 0.15) is 5.75 Å². The van der Waals surface area contributed by atoms with E-state index in [4.69, 9.17) is 11.6 Å². The number of nitrogens with zero attached hydrogens (tertiary/aromatic N) is 2. The summed E-state index contributed by atoms with van der Waals surface area (Å²) in [6.07, 6.45) is -1.99. The second-order valence-electron chi connectivity index (χ2n) is 3.87. The van der Waals surface area contributed by atoms with Crippen LogP contribution in [0.5, 0.6) is 5.75 Å². The van der Waals surface area contributed by atoms with Crippen LogP contribution in [0.4, 0.5) is 18.9 Å². The van der Waals surface area contributed by atoms with Crippen molar-refractivity contribution >= 4 is 24.0 Å². The van der Waals surface area contributed by atoms with E-state index in [1.165, 1.54) is 18.5 Å². The van der Waals surface area contributed by atoms with E-state index >= 15 is 0 Å². The maximum absolute atomic E-state index is 12.9. The largest absolute Gasteiger partial charge is 0.507 e. The zero-order valence-corrected chi connectivity index (χ0v) is 10.7. The van der Waals surface area contributed by atoms with Gasteiger partial charge in [-0.05, 0) is 24.9 Å². The first-order valence-electron chi connectivity index (χ1n) is 5.36. The van der Waals surface area contributed by atoms with Gasteiger partial charge >= 0.3 is 6.18 Å². The van der Waals surface area contributed by atoms with Crippen molar-refractivity contribution in [3.05, 3.63) is 41.2 Å². The Morgan fingerprint density at radius 3 is 2.50 bits per heavy atom. The van der Waals surface area contributed by atoms with Gasteiger partial charge in [-0.15, -0.1) is 0 Å². The number of hydrogen-bond acceptors (Lipinski definition) is 3. The first kappa shape index (κ1) is 14.3. The third-order valence-electron chi connectivity index (χ3n) is 2.66. The van der Waals surface area contributed by atoms with E-state index in [1.54, 1.807) is 0 Å². The molecular formula is C13H8ClF3N2O. The molecule has 0 aliphatic heterocycles. The average molecular weight is 301 g/mol. The smallest absolute Gasteiger partial charge is 0.418 e. The number of hydrogen-bond donors (Lipinski definition) is 1. The molecule has 0 radical (unpaired) electrons. The predicted octanol–water partition coefficient (Wildman–Crippen LogP) is 4.46. The minimum atomic E-state index is -4.61. The van der Waals surface area contributed by atoms with Gasteiger partial charge in [0.25, 0.3) is 0 Å². The molecule has 0 spiro atoms. The monoisotopic (exact) mass is 300 g/mol. The molecule has 7 heteroatoms.